The van der Waals surface area contributed by atoms with Crippen LogP contribution in [0.4, 0.5) is 0 Å². The lowest BCUT2D eigenvalue weighted by Gasteiger charge is -2.23. The molecule has 0 aliphatic carbocycles. The number of nitriles is 1. The molecule has 20 heavy (non-hydrogen) atoms. The lowest BCUT2D eigenvalue weighted by atomic mass is 10.2. The Bertz CT molecular complexity index is 667. The first-order valence-corrected chi connectivity index (χ1v) is 7.41. The van der Waals surface area contributed by atoms with E-state index in [0.717, 1.165) is 10.4 Å². The Morgan fingerprint density at radius 1 is 1.55 bits per heavy atom. The normalized spacial score (nSPS) is 12.9. The van der Waals surface area contributed by atoms with Crippen molar-refractivity contribution in [3.63, 3.8) is 0 Å². The van der Waals surface area contributed by atoms with Crippen molar-refractivity contribution in [1.82, 2.24) is 4.31 Å². The molecular weight excluding hydrogens is 304 g/mol. The van der Waals surface area contributed by atoms with Crippen molar-refractivity contribution in [2.24, 2.45) is 0 Å². The van der Waals surface area contributed by atoms with E-state index in [9.17, 15) is 13.2 Å². The van der Waals surface area contributed by atoms with Gasteiger partial charge in [0.05, 0.1) is 23.1 Å². The molecule has 6 nitrogen and oxygen atoms in total. The van der Waals surface area contributed by atoms with Crippen molar-refractivity contribution in [2.45, 2.75) is 24.3 Å². The van der Waals surface area contributed by atoms with E-state index in [0.29, 0.717) is 0 Å². The smallest absolute Gasteiger partial charge is 0.335 e. The second kappa shape index (κ2) is 6.22. The van der Waals surface area contributed by atoms with Gasteiger partial charge in [0.2, 0.25) is 10.0 Å². The molecule has 0 saturated heterocycles. The second-order valence-corrected chi connectivity index (χ2v) is 6.56. The second-order valence-electron chi connectivity index (χ2n) is 4.18. The van der Waals surface area contributed by atoms with Gasteiger partial charge >= 0.3 is 5.97 Å². The molecular formula is C12H13ClN2O4S. The molecule has 0 bridgehead atoms. The van der Waals surface area contributed by atoms with E-state index in [4.69, 9.17) is 22.0 Å². The standard InChI is InChI=1S/C12H13ClN2O4S/c1-8(5-6-14)15(2)20(18,19)11-7-9(12(16)17)3-4-10(11)13/h3-4,7-8H,5H2,1-2H3,(H,16,17). The highest BCUT2D eigenvalue weighted by atomic mass is 35.5. The molecule has 0 spiro atoms. The molecule has 1 N–H and O–H groups in total. The molecule has 1 aromatic carbocycles. The summed E-state index contributed by atoms with van der Waals surface area (Å²) in [6.45, 7) is 1.58. The van der Waals surface area contributed by atoms with Gasteiger partial charge in [-0.1, -0.05) is 11.6 Å². The van der Waals surface area contributed by atoms with E-state index in [2.05, 4.69) is 0 Å². The maximum absolute atomic E-state index is 12.4. The summed E-state index contributed by atoms with van der Waals surface area (Å²) in [5, 5.41) is 17.5. The van der Waals surface area contributed by atoms with Crippen LogP contribution in [0.1, 0.15) is 23.7 Å². The van der Waals surface area contributed by atoms with Crippen LogP contribution in [-0.2, 0) is 10.0 Å². The fraction of sp³-hybridized carbons (Fsp3) is 0.333. The van der Waals surface area contributed by atoms with Crippen LogP contribution in [0.2, 0.25) is 5.02 Å². The SMILES string of the molecule is CC(CC#N)N(C)S(=O)(=O)c1cc(C(=O)O)ccc1Cl. The van der Waals surface area contributed by atoms with Gasteiger partial charge in [-0.25, -0.2) is 13.2 Å². The summed E-state index contributed by atoms with van der Waals surface area (Å²) >= 11 is 5.85. The highest BCUT2D eigenvalue weighted by Gasteiger charge is 2.28. The zero-order valence-corrected chi connectivity index (χ0v) is 12.4. The quantitative estimate of drug-likeness (QED) is 0.895. The molecule has 0 aliphatic rings. The molecule has 1 atom stereocenters. The van der Waals surface area contributed by atoms with Crippen LogP contribution in [0, 0.1) is 11.3 Å². The Hall–Kier alpha value is -1.62. The summed E-state index contributed by atoms with van der Waals surface area (Å²) in [5.41, 5.74) is -0.172. The number of halogens is 1. The Labute approximate surface area is 122 Å². The number of carboxylic acids is 1. The summed E-state index contributed by atoms with van der Waals surface area (Å²) in [5.74, 6) is -1.24. The van der Waals surface area contributed by atoms with Gasteiger partial charge < -0.3 is 5.11 Å². The number of aromatic carboxylic acids is 1. The molecule has 1 rings (SSSR count). The molecule has 8 heteroatoms. The fourth-order valence-corrected chi connectivity index (χ4v) is 3.35. The van der Waals surface area contributed by atoms with Crippen LogP contribution in [0.15, 0.2) is 23.1 Å². The lowest BCUT2D eigenvalue weighted by molar-refractivity contribution is 0.0696. The topological polar surface area (TPSA) is 98.5 Å². The largest absolute Gasteiger partial charge is 0.478 e. The van der Waals surface area contributed by atoms with E-state index >= 15 is 0 Å². The van der Waals surface area contributed by atoms with Crippen molar-refractivity contribution < 1.29 is 18.3 Å². The predicted octanol–water partition coefficient (Wildman–Crippen LogP) is 1.96. The number of nitrogens with zero attached hydrogens (tertiary/aromatic N) is 2. The Morgan fingerprint density at radius 3 is 2.65 bits per heavy atom. The molecule has 0 aliphatic heterocycles. The zero-order chi connectivity index (χ0) is 15.5. The third-order valence-corrected chi connectivity index (χ3v) is 5.30. The maximum atomic E-state index is 12.4. The highest BCUT2D eigenvalue weighted by molar-refractivity contribution is 7.89. The van der Waals surface area contributed by atoms with Crippen LogP contribution in [0.5, 0.6) is 0 Å². The average Bonchev–Trinajstić information content (AvgIpc) is 2.37. The number of carbonyl (C=O) groups is 1. The first kappa shape index (κ1) is 16.4. The van der Waals surface area contributed by atoms with Gasteiger partial charge in [-0.05, 0) is 25.1 Å². The summed E-state index contributed by atoms with van der Waals surface area (Å²) in [6, 6.07) is 4.79. The Morgan fingerprint density at radius 2 is 2.15 bits per heavy atom. The fourth-order valence-electron chi connectivity index (χ4n) is 1.49. The monoisotopic (exact) mass is 316 g/mol. The minimum atomic E-state index is -3.96. The van der Waals surface area contributed by atoms with Gasteiger partial charge in [-0.3, -0.25) is 0 Å². The summed E-state index contributed by atoms with van der Waals surface area (Å²) in [4.78, 5) is 10.6. The number of hydrogen-bond donors (Lipinski definition) is 1. The van der Waals surface area contributed by atoms with Crippen molar-refractivity contribution in [2.75, 3.05) is 7.05 Å². The summed E-state index contributed by atoms with van der Waals surface area (Å²) < 4.78 is 25.8. The number of rotatable bonds is 5. The van der Waals surface area contributed by atoms with E-state index in [1.165, 1.54) is 19.2 Å². The molecule has 0 aromatic heterocycles. The summed E-state index contributed by atoms with van der Waals surface area (Å²) in [6.07, 6.45) is 0.0198. The van der Waals surface area contributed by atoms with E-state index in [1.54, 1.807) is 6.92 Å². The van der Waals surface area contributed by atoms with E-state index in [1.807, 2.05) is 6.07 Å². The van der Waals surface area contributed by atoms with Crippen LogP contribution < -0.4 is 0 Å². The maximum Gasteiger partial charge on any atom is 0.335 e. The van der Waals surface area contributed by atoms with Crippen LogP contribution in [0.25, 0.3) is 0 Å². The average molecular weight is 317 g/mol. The van der Waals surface area contributed by atoms with Crippen LogP contribution in [-0.4, -0.2) is 36.9 Å². The number of carboxylic acid groups (broad SMARTS) is 1. The molecule has 1 unspecified atom stereocenters. The van der Waals surface area contributed by atoms with Crippen molar-refractivity contribution in [1.29, 1.82) is 5.26 Å². The Kier molecular flexibility index (Phi) is 5.11. The van der Waals surface area contributed by atoms with Gasteiger partial charge in [0.25, 0.3) is 0 Å². The minimum Gasteiger partial charge on any atom is -0.478 e. The molecule has 0 heterocycles. The molecule has 0 amide bonds. The van der Waals surface area contributed by atoms with Crippen LogP contribution >= 0.6 is 11.6 Å². The minimum absolute atomic E-state index is 0.0198. The first-order chi connectivity index (χ1) is 9.21. The zero-order valence-electron chi connectivity index (χ0n) is 10.9. The van der Waals surface area contributed by atoms with Crippen LogP contribution in [0.3, 0.4) is 0 Å². The summed E-state index contributed by atoms with van der Waals surface area (Å²) in [7, 11) is -2.64. The number of hydrogen-bond acceptors (Lipinski definition) is 4. The van der Waals surface area contributed by atoms with Crippen molar-refractivity contribution in [3.8, 4) is 6.07 Å². The lowest BCUT2D eigenvalue weighted by Crippen LogP contribution is -2.35. The van der Waals surface area contributed by atoms with Gasteiger partial charge in [0.15, 0.2) is 0 Å². The van der Waals surface area contributed by atoms with Gasteiger partial charge in [-0.15, -0.1) is 0 Å². The number of benzene rings is 1. The molecule has 1 aromatic rings. The third kappa shape index (κ3) is 3.28. The van der Waals surface area contributed by atoms with E-state index < -0.39 is 22.0 Å². The predicted molar refractivity (Wildman–Crippen MR) is 73.1 cm³/mol. The number of sulfonamides is 1. The van der Waals surface area contributed by atoms with Crippen molar-refractivity contribution in [3.05, 3.63) is 28.8 Å². The van der Waals surface area contributed by atoms with Gasteiger partial charge in [0, 0.05) is 13.1 Å². The molecule has 0 fully saturated rings. The molecule has 0 saturated carbocycles. The molecule has 108 valence electrons. The molecule has 0 radical (unpaired) electrons. The van der Waals surface area contributed by atoms with E-state index in [-0.39, 0.29) is 21.9 Å². The first-order valence-electron chi connectivity index (χ1n) is 5.59. The van der Waals surface area contributed by atoms with Gasteiger partial charge in [0.1, 0.15) is 4.90 Å². The van der Waals surface area contributed by atoms with Gasteiger partial charge in [-0.2, -0.15) is 9.57 Å². The third-order valence-electron chi connectivity index (χ3n) is 2.84. The van der Waals surface area contributed by atoms with Crippen molar-refractivity contribution >= 4 is 27.6 Å². The highest BCUT2D eigenvalue weighted by Crippen LogP contribution is 2.26. The Balaban J connectivity index is 3.32.